The number of allylic oxidation sites excluding steroid dienone is 4. The molecule has 4 bridgehead atoms. The maximum atomic E-state index is 7.15. The molecule has 4 saturated carbocycles. The minimum atomic E-state index is -1.56. The van der Waals surface area contributed by atoms with Crippen LogP contribution in [-0.4, -0.2) is 28.2 Å². The van der Waals surface area contributed by atoms with E-state index < -0.39 is 28.2 Å². The smallest absolute Gasteiger partial charge is 0.109 e. The molecule has 10 atom stereocenters. The molecule has 0 spiro atoms. The van der Waals surface area contributed by atoms with Gasteiger partial charge in [-0.15, -0.1) is 46.4 Å². The van der Waals surface area contributed by atoms with Crippen LogP contribution in [0.3, 0.4) is 0 Å². The van der Waals surface area contributed by atoms with Gasteiger partial charge in [-0.1, -0.05) is 92.8 Å². The van der Waals surface area contributed by atoms with Gasteiger partial charge in [0.05, 0.1) is 20.1 Å². The second-order valence-electron chi connectivity index (χ2n) is 9.73. The van der Waals surface area contributed by atoms with Gasteiger partial charge >= 0.3 is 0 Å². The van der Waals surface area contributed by atoms with Crippen LogP contribution in [0.15, 0.2) is 20.1 Å². The van der Waals surface area contributed by atoms with Gasteiger partial charge in [-0.2, -0.15) is 0 Å². The molecule has 0 nitrogen and oxygen atoms in total. The van der Waals surface area contributed by atoms with Crippen molar-refractivity contribution < 1.29 is 0 Å². The Kier molecular flexibility index (Phi) is 5.10. The van der Waals surface area contributed by atoms with Gasteiger partial charge < -0.3 is 0 Å². The van der Waals surface area contributed by atoms with Crippen LogP contribution in [-0.2, 0) is 0 Å². The van der Waals surface area contributed by atoms with Gasteiger partial charge in [-0.25, -0.2) is 0 Å². The van der Waals surface area contributed by atoms with Gasteiger partial charge in [0.15, 0.2) is 8.67 Å². The summed E-state index contributed by atoms with van der Waals surface area (Å²) < 4.78 is -3.12. The highest BCUT2D eigenvalue weighted by molar-refractivity contribution is 6.67. The maximum Gasteiger partial charge on any atom is 0.166 e. The van der Waals surface area contributed by atoms with E-state index in [0.29, 0.717) is 19.3 Å². The molecule has 0 aromatic rings. The van der Waals surface area contributed by atoms with Crippen LogP contribution >= 0.6 is 139 Å². The second kappa shape index (κ2) is 6.50. The number of fused-ring (bicyclic) bond motifs is 12. The zero-order valence-electron chi connectivity index (χ0n) is 15.1. The molecule has 6 rings (SSSR count). The number of halogens is 12. The Morgan fingerprint density at radius 3 is 1.35 bits per heavy atom. The minimum Gasteiger partial charge on any atom is -0.109 e. The summed E-state index contributed by atoms with van der Waals surface area (Å²) in [5, 5.41) is 0.876. The molecule has 6 aliphatic rings. The Labute approximate surface area is 240 Å². The lowest BCUT2D eigenvalue weighted by atomic mass is 9.62. The highest BCUT2D eigenvalue weighted by Gasteiger charge is 2.87. The molecule has 0 aromatic heterocycles. The fourth-order valence-corrected chi connectivity index (χ4v) is 14.2. The van der Waals surface area contributed by atoms with Gasteiger partial charge in [0.2, 0.25) is 0 Å². The predicted molar refractivity (Wildman–Crippen MR) is 135 cm³/mol. The van der Waals surface area contributed by atoms with Crippen molar-refractivity contribution >= 4 is 139 Å². The summed E-state index contributed by atoms with van der Waals surface area (Å²) >= 11 is 81.9. The lowest BCUT2D eigenvalue weighted by molar-refractivity contribution is 0.102. The van der Waals surface area contributed by atoms with E-state index in [2.05, 4.69) is 0 Å². The fraction of sp³-hybridized carbons (Fsp3) is 0.789. The Morgan fingerprint density at radius 1 is 0.484 bits per heavy atom. The molecule has 0 heterocycles. The first-order valence-corrected chi connectivity index (χ1v) is 14.2. The van der Waals surface area contributed by atoms with Crippen molar-refractivity contribution in [2.45, 2.75) is 47.4 Å². The SMILES string of the molecule is ClC1=C(Cl)[C@@]2(Cl)[C@H]3C[C@@H]4C[C@H]5[C@H]([C@@H]4C[C@H]3[C@@]1(Cl)C2(Cl)Cl)[C@@]1(Cl)C(Cl)=C(Cl)[C@@]5(Cl)C1(Cl)Cl. The first-order chi connectivity index (χ1) is 14.1. The average molecular weight is 666 g/mol. The molecule has 31 heavy (non-hydrogen) atoms. The Morgan fingerprint density at radius 2 is 0.839 bits per heavy atom. The topological polar surface area (TPSA) is 0 Å². The van der Waals surface area contributed by atoms with Crippen LogP contribution < -0.4 is 0 Å². The van der Waals surface area contributed by atoms with E-state index in [4.69, 9.17) is 139 Å². The third kappa shape index (κ3) is 2.09. The molecule has 6 aliphatic carbocycles. The van der Waals surface area contributed by atoms with E-state index in [1.165, 1.54) is 0 Å². The number of rotatable bonds is 0. The lowest BCUT2D eigenvalue weighted by Crippen LogP contribution is -2.49. The standard InChI is InChI=1S/C19H12Cl12/c20-10-11(21)15(25)7-3-5-4(1-6(7)14(10,24)18(15,28)29)2-8-9(5)17(27)13(23)12(22)16(8,26)19(17,30)31/h4-9H,1-3H2/t4-,5-,6+,7-,8+,9+,14+,15+,16-,17-/m1/s1. The van der Waals surface area contributed by atoms with Crippen LogP contribution in [0.4, 0.5) is 0 Å². The van der Waals surface area contributed by atoms with Crippen molar-refractivity contribution in [1.29, 1.82) is 0 Å². The quantitative estimate of drug-likeness (QED) is 0.226. The van der Waals surface area contributed by atoms with E-state index >= 15 is 0 Å². The first-order valence-electron chi connectivity index (χ1n) is 9.71. The minimum absolute atomic E-state index is 0.0578. The summed E-state index contributed by atoms with van der Waals surface area (Å²) in [6, 6.07) is 0. The summed E-state index contributed by atoms with van der Waals surface area (Å²) in [7, 11) is 0. The van der Waals surface area contributed by atoms with Crippen LogP contribution in [0, 0.1) is 35.5 Å². The third-order valence-electron chi connectivity index (χ3n) is 9.11. The zero-order valence-corrected chi connectivity index (χ0v) is 24.2. The van der Waals surface area contributed by atoms with E-state index in [-0.39, 0.29) is 55.6 Å². The van der Waals surface area contributed by atoms with Crippen LogP contribution in [0.1, 0.15) is 19.3 Å². The molecule has 0 saturated heterocycles. The summed E-state index contributed by atoms with van der Waals surface area (Å²) in [4.78, 5) is -5.15. The van der Waals surface area contributed by atoms with Crippen LogP contribution in [0.2, 0.25) is 0 Å². The monoisotopic (exact) mass is 660 g/mol. The average Bonchev–Trinajstić information content (AvgIpc) is 3.25. The Bertz CT molecular complexity index is 982. The molecule has 0 aromatic carbocycles. The van der Waals surface area contributed by atoms with Gasteiger partial charge in [0, 0.05) is 0 Å². The summed E-state index contributed by atoms with van der Waals surface area (Å²) in [5.74, 6) is -0.486. The lowest BCUT2D eigenvalue weighted by Gasteiger charge is -2.47. The molecule has 172 valence electrons. The number of alkyl halides is 8. The van der Waals surface area contributed by atoms with Crippen molar-refractivity contribution in [2.24, 2.45) is 35.5 Å². The summed E-state index contributed by atoms with van der Waals surface area (Å²) in [5.41, 5.74) is 0. The molecule has 12 heteroatoms. The van der Waals surface area contributed by atoms with Crippen LogP contribution in [0.5, 0.6) is 0 Å². The first kappa shape index (κ1) is 24.3. The normalized spacial score (nSPS) is 60.0. The van der Waals surface area contributed by atoms with E-state index in [1.807, 2.05) is 0 Å². The van der Waals surface area contributed by atoms with E-state index in [1.54, 1.807) is 0 Å². The largest absolute Gasteiger partial charge is 0.166 e. The second-order valence-corrected chi connectivity index (χ2v) is 16.3. The Hall–Kier alpha value is 2.96. The molecule has 4 fully saturated rings. The predicted octanol–water partition coefficient (Wildman–Crippen LogP) is 9.57. The molecule has 0 N–H and O–H groups in total. The molecule has 0 amide bonds. The van der Waals surface area contributed by atoms with Gasteiger partial charge in [0.25, 0.3) is 0 Å². The van der Waals surface area contributed by atoms with Gasteiger partial charge in [0.1, 0.15) is 19.5 Å². The molecule has 0 aliphatic heterocycles. The summed E-state index contributed by atoms with van der Waals surface area (Å²) in [6.45, 7) is 0. The Balaban J connectivity index is 1.47. The molecule has 0 radical (unpaired) electrons. The van der Waals surface area contributed by atoms with Gasteiger partial charge in [-0.3, -0.25) is 0 Å². The summed E-state index contributed by atoms with van der Waals surface area (Å²) in [6.07, 6.45) is 2.02. The maximum absolute atomic E-state index is 7.15. The van der Waals surface area contributed by atoms with Crippen molar-refractivity contribution in [3.05, 3.63) is 20.1 Å². The number of hydrogen-bond donors (Lipinski definition) is 0. The molecule has 0 unspecified atom stereocenters. The third-order valence-corrected chi connectivity index (χ3v) is 17.8. The molecular weight excluding hydrogens is 654 g/mol. The highest BCUT2D eigenvalue weighted by Crippen LogP contribution is 2.84. The van der Waals surface area contributed by atoms with E-state index in [9.17, 15) is 0 Å². The zero-order chi connectivity index (χ0) is 22.9. The van der Waals surface area contributed by atoms with E-state index in [0.717, 1.165) is 0 Å². The van der Waals surface area contributed by atoms with Gasteiger partial charge in [-0.05, 0) is 54.8 Å². The van der Waals surface area contributed by atoms with Crippen molar-refractivity contribution in [2.75, 3.05) is 0 Å². The van der Waals surface area contributed by atoms with Crippen molar-refractivity contribution in [3.63, 3.8) is 0 Å². The fourth-order valence-electron chi connectivity index (χ4n) is 7.92. The van der Waals surface area contributed by atoms with Crippen LogP contribution in [0.25, 0.3) is 0 Å². The van der Waals surface area contributed by atoms with Crippen molar-refractivity contribution in [1.82, 2.24) is 0 Å². The van der Waals surface area contributed by atoms with Crippen molar-refractivity contribution in [3.8, 4) is 0 Å². The molecular formula is C19H12Cl12. The number of hydrogen-bond acceptors (Lipinski definition) is 0. The highest BCUT2D eigenvalue weighted by atomic mass is 35.5.